The molecule has 0 radical (unpaired) electrons. The molecule has 0 spiro atoms. The molecule has 1 fully saturated rings. The maximum absolute atomic E-state index is 10.5. The Hall–Kier alpha value is -0.570. The molecule has 0 heterocycles. The van der Waals surface area contributed by atoms with E-state index in [1.165, 1.54) is 6.92 Å². The minimum Gasteiger partial charge on any atom is -0.462 e. The molecule has 1 saturated carbocycles. The van der Waals surface area contributed by atoms with Crippen molar-refractivity contribution in [1.82, 2.24) is 0 Å². The van der Waals surface area contributed by atoms with Gasteiger partial charge >= 0.3 is 5.97 Å². The first-order valence-electron chi connectivity index (χ1n) is 3.78. The van der Waals surface area contributed by atoms with Gasteiger partial charge in [-0.3, -0.25) is 4.79 Å². The fraction of sp³-hybridized carbons (Fsp3) is 0.875. The third-order valence-electron chi connectivity index (χ3n) is 2.14. The highest BCUT2D eigenvalue weighted by Gasteiger charge is 2.42. The van der Waals surface area contributed by atoms with Crippen LogP contribution in [0.15, 0.2) is 0 Å². The summed E-state index contributed by atoms with van der Waals surface area (Å²) in [6.07, 6.45) is 1.73. The van der Waals surface area contributed by atoms with Crippen molar-refractivity contribution in [1.29, 1.82) is 0 Å². The van der Waals surface area contributed by atoms with Crippen molar-refractivity contribution in [2.24, 2.45) is 0 Å². The third kappa shape index (κ3) is 1.93. The van der Waals surface area contributed by atoms with Gasteiger partial charge in [-0.15, -0.1) is 0 Å². The van der Waals surface area contributed by atoms with Crippen molar-refractivity contribution in [2.75, 3.05) is 7.11 Å². The molecular weight excluding hydrogens is 144 g/mol. The van der Waals surface area contributed by atoms with E-state index in [4.69, 9.17) is 9.47 Å². The van der Waals surface area contributed by atoms with Crippen LogP contribution in [0.25, 0.3) is 0 Å². The Morgan fingerprint density at radius 3 is 2.45 bits per heavy atom. The van der Waals surface area contributed by atoms with Gasteiger partial charge in [0.25, 0.3) is 0 Å². The van der Waals surface area contributed by atoms with E-state index in [1.807, 2.05) is 6.92 Å². The molecule has 0 saturated heterocycles. The summed E-state index contributed by atoms with van der Waals surface area (Å²) in [6.45, 7) is 3.45. The van der Waals surface area contributed by atoms with E-state index in [2.05, 4.69) is 0 Å². The molecule has 0 bridgehead atoms. The van der Waals surface area contributed by atoms with Crippen molar-refractivity contribution in [2.45, 2.75) is 38.4 Å². The molecule has 3 heteroatoms. The van der Waals surface area contributed by atoms with Gasteiger partial charge in [-0.05, 0) is 6.92 Å². The highest BCUT2D eigenvalue weighted by Crippen LogP contribution is 2.36. The quantitative estimate of drug-likeness (QED) is 0.565. The zero-order chi connectivity index (χ0) is 8.48. The van der Waals surface area contributed by atoms with Crippen molar-refractivity contribution in [3.8, 4) is 0 Å². The third-order valence-corrected chi connectivity index (χ3v) is 2.14. The van der Waals surface area contributed by atoms with Crippen molar-refractivity contribution in [3.05, 3.63) is 0 Å². The Kier molecular flexibility index (Phi) is 2.18. The summed E-state index contributed by atoms with van der Waals surface area (Å²) in [4.78, 5) is 10.5. The summed E-state index contributed by atoms with van der Waals surface area (Å²) in [5, 5.41) is 0. The Balaban J connectivity index is 2.23. The molecule has 11 heavy (non-hydrogen) atoms. The second-order valence-electron chi connectivity index (χ2n) is 3.29. The topological polar surface area (TPSA) is 35.5 Å². The van der Waals surface area contributed by atoms with Gasteiger partial charge in [0, 0.05) is 26.9 Å². The summed E-state index contributed by atoms with van der Waals surface area (Å²) in [6, 6.07) is 0. The van der Waals surface area contributed by atoms with E-state index in [0.717, 1.165) is 12.8 Å². The molecule has 1 rings (SSSR count). The van der Waals surface area contributed by atoms with Crippen molar-refractivity contribution >= 4 is 5.97 Å². The van der Waals surface area contributed by atoms with Crippen LogP contribution in [-0.2, 0) is 14.3 Å². The van der Waals surface area contributed by atoms with Crippen LogP contribution in [0, 0.1) is 0 Å². The molecular formula is C8H14O3. The number of rotatable bonds is 2. The van der Waals surface area contributed by atoms with E-state index in [1.54, 1.807) is 7.11 Å². The highest BCUT2D eigenvalue weighted by molar-refractivity contribution is 5.66. The van der Waals surface area contributed by atoms with Gasteiger partial charge in [0.05, 0.1) is 5.60 Å². The molecule has 3 nitrogen and oxygen atoms in total. The number of hydrogen-bond acceptors (Lipinski definition) is 3. The zero-order valence-corrected chi connectivity index (χ0v) is 7.22. The molecule has 1 aliphatic rings. The minimum atomic E-state index is -0.201. The van der Waals surface area contributed by atoms with E-state index in [9.17, 15) is 4.79 Å². The molecule has 0 aromatic rings. The average Bonchev–Trinajstić information content (AvgIpc) is 1.83. The predicted octanol–water partition coefficient (Wildman–Crippen LogP) is 1.12. The molecule has 0 unspecified atom stereocenters. The summed E-state index contributed by atoms with van der Waals surface area (Å²) in [5.41, 5.74) is -0.0554. The molecule has 0 N–H and O–H groups in total. The Morgan fingerprint density at radius 2 is 2.09 bits per heavy atom. The largest absolute Gasteiger partial charge is 0.462 e. The molecule has 0 aromatic carbocycles. The first-order chi connectivity index (χ1) is 5.06. The van der Waals surface area contributed by atoms with Crippen LogP contribution in [0.5, 0.6) is 0 Å². The van der Waals surface area contributed by atoms with Gasteiger partial charge in [0.15, 0.2) is 0 Å². The Labute approximate surface area is 66.7 Å². The first-order valence-corrected chi connectivity index (χ1v) is 3.78. The SMILES string of the molecule is COC1(C)CC(OC(C)=O)C1. The number of methoxy groups -OCH3 is 1. The normalized spacial score (nSPS) is 36.1. The lowest BCUT2D eigenvalue weighted by molar-refractivity contribution is -0.172. The number of ether oxygens (including phenoxy) is 2. The lowest BCUT2D eigenvalue weighted by Crippen LogP contribution is -2.47. The summed E-state index contributed by atoms with van der Waals surface area (Å²) in [5.74, 6) is -0.201. The lowest BCUT2D eigenvalue weighted by Gasteiger charge is -2.42. The van der Waals surface area contributed by atoms with E-state index in [-0.39, 0.29) is 17.7 Å². The maximum atomic E-state index is 10.5. The number of carbonyl (C=O) groups excluding carboxylic acids is 1. The Morgan fingerprint density at radius 1 is 1.55 bits per heavy atom. The van der Waals surface area contributed by atoms with Gasteiger partial charge in [-0.2, -0.15) is 0 Å². The second kappa shape index (κ2) is 2.81. The monoisotopic (exact) mass is 158 g/mol. The minimum absolute atomic E-state index is 0.0554. The Bertz CT molecular complexity index is 159. The maximum Gasteiger partial charge on any atom is 0.302 e. The standard InChI is InChI=1S/C8H14O3/c1-6(9)11-7-4-8(2,5-7)10-3/h7H,4-5H2,1-3H3. The summed E-state index contributed by atoms with van der Waals surface area (Å²) < 4.78 is 10.2. The summed E-state index contributed by atoms with van der Waals surface area (Å²) >= 11 is 0. The van der Waals surface area contributed by atoms with Crippen LogP contribution in [0.3, 0.4) is 0 Å². The van der Waals surface area contributed by atoms with E-state index in [0.29, 0.717) is 0 Å². The summed E-state index contributed by atoms with van der Waals surface area (Å²) in [7, 11) is 1.68. The average molecular weight is 158 g/mol. The second-order valence-corrected chi connectivity index (χ2v) is 3.29. The van der Waals surface area contributed by atoms with Gasteiger partial charge in [0.1, 0.15) is 6.10 Å². The van der Waals surface area contributed by atoms with Crippen molar-refractivity contribution < 1.29 is 14.3 Å². The number of esters is 1. The molecule has 0 atom stereocenters. The van der Waals surface area contributed by atoms with Crippen LogP contribution in [0.4, 0.5) is 0 Å². The number of hydrogen-bond donors (Lipinski definition) is 0. The van der Waals surface area contributed by atoms with Crippen LogP contribution < -0.4 is 0 Å². The van der Waals surface area contributed by atoms with Crippen LogP contribution >= 0.6 is 0 Å². The fourth-order valence-electron chi connectivity index (χ4n) is 1.39. The van der Waals surface area contributed by atoms with Crippen LogP contribution in [0.2, 0.25) is 0 Å². The molecule has 64 valence electrons. The highest BCUT2D eigenvalue weighted by atomic mass is 16.6. The van der Waals surface area contributed by atoms with Crippen molar-refractivity contribution in [3.63, 3.8) is 0 Å². The van der Waals surface area contributed by atoms with Crippen LogP contribution in [-0.4, -0.2) is 24.8 Å². The van der Waals surface area contributed by atoms with E-state index >= 15 is 0 Å². The lowest BCUT2D eigenvalue weighted by atomic mass is 9.79. The van der Waals surface area contributed by atoms with Crippen LogP contribution in [0.1, 0.15) is 26.7 Å². The predicted molar refractivity (Wildman–Crippen MR) is 40.2 cm³/mol. The van der Waals surface area contributed by atoms with Gasteiger partial charge < -0.3 is 9.47 Å². The smallest absolute Gasteiger partial charge is 0.302 e. The molecule has 0 aliphatic heterocycles. The molecule has 0 aromatic heterocycles. The molecule has 1 aliphatic carbocycles. The van der Waals surface area contributed by atoms with E-state index < -0.39 is 0 Å². The first kappa shape index (κ1) is 8.53. The van der Waals surface area contributed by atoms with Gasteiger partial charge in [-0.1, -0.05) is 0 Å². The zero-order valence-electron chi connectivity index (χ0n) is 7.22. The fourth-order valence-corrected chi connectivity index (χ4v) is 1.39. The molecule has 0 amide bonds. The van der Waals surface area contributed by atoms with Gasteiger partial charge in [0.2, 0.25) is 0 Å². The van der Waals surface area contributed by atoms with Gasteiger partial charge in [-0.25, -0.2) is 0 Å². The number of carbonyl (C=O) groups is 1.